The molecule has 18 heavy (non-hydrogen) atoms. The van der Waals surface area contributed by atoms with Crippen LogP contribution in [-0.4, -0.2) is 36.2 Å². The lowest BCUT2D eigenvalue weighted by molar-refractivity contribution is -0.385. The molecule has 1 aromatic carbocycles. The van der Waals surface area contributed by atoms with Gasteiger partial charge in [-0.1, -0.05) is 12.1 Å². The van der Waals surface area contributed by atoms with E-state index in [2.05, 4.69) is 26.4 Å². The Bertz CT molecular complexity index is 436. The molecule has 98 valence electrons. The number of nitro benzene ring substituents is 1. The Hall–Kier alpha value is -1.02. The number of morpholine rings is 1. The molecule has 1 N–H and O–H groups in total. The van der Waals surface area contributed by atoms with Gasteiger partial charge in [0.15, 0.2) is 0 Å². The quantitative estimate of drug-likeness (QED) is 0.676. The maximum atomic E-state index is 10.8. The van der Waals surface area contributed by atoms with Crippen molar-refractivity contribution >= 4 is 21.6 Å². The zero-order valence-corrected chi connectivity index (χ0v) is 11.4. The molecule has 1 aliphatic heterocycles. The van der Waals surface area contributed by atoms with Crippen molar-refractivity contribution in [3.8, 4) is 0 Å². The first-order valence-electron chi connectivity index (χ1n) is 5.66. The summed E-state index contributed by atoms with van der Waals surface area (Å²) < 4.78 is 5.78. The van der Waals surface area contributed by atoms with Gasteiger partial charge in [-0.25, -0.2) is 5.01 Å². The van der Waals surface area contributed by atoms with Crippen LogP contribution in [0.25, 0.3) is 0 Å². The molecule has 0 unspecified atom stereocenters. The Balaban J connectivity index is 2.00. The molecule has 1 aromatic rings. The monoisotopic (exact) mass is 315 g/mol. The molecule has 0 radical (unpaired) electrons. The third kappa shape index (κ3) is 3.26. The van der Waals surface area contributed by atoms with Gasteiger partial charge in [0.2, 0.25) is 0 Å². The van der Waals surface area contributed by atoms with Crippen molar-refractivity contribution in [2.75, 3.05) is 26.3 Å². The van der Waals surface area contributed by atoms with Gasteiger partial charge in [0, 0.05) is 25.7 Å². The minimum atomic E-state index is -0.387. The fourth-order valence-corrected chi connectivity index (χ4v) is 2.31. The lowest BCUT2D eigenvalue weighted by Crippen LogP contribution is -2.45. The van der Waals surface area contributed by atoms with E-state index in [-0.39, 0.29) is 10.6 Å². The molecule has 1 saturated heterocycles. The molecule has 1 aliphatic rings. The lowest BCUT2D eigenvalue weighted by Gasteiger charge is -2.27. The predicted octanol–water partition coefficient (Wildman–Crippen LogP) is 1.69. The van der Waals surface area contributed by atoms with Crippen LogP contribution in [0.4, 0.5) is 5.69 Å². The first kappa shape index (κ1) is 13.4. The largest absolute Gasteiger partial charge is 0.379 e. The summed E-state index contributed by atoms with van der Waals surface area (Å²) >= 11 is 3.28. The normalized spacial score (nSPS) is 16.7. The highest BCUT2D eigenvalue weighted by Crippen LogP contribution is 2.28. The van der Waals surface area contributed by atoms with Crippen LogP contribution in [0.2, 0.25) is 0 Å². The van der Waals surface area contributed by atoms with Gasteiger partial charge < -0.3 is 4.74 Å². The van der Waals surface area contributed by atoms with Crippen molar-refractivity contribution < 1.29 is 9.66 Å². The van der Waals surface area contributed by atoms with Gasteiger partial charge in [0.25, 0.3) is 5.69 Å². The maximum Gasteiger partial charge on any atom is 0.283 e. The Morgan fingerprint density at radius 3 is 2.83 bits per heavy atom. The van der Waals surface area contributed by atoms with E-state index in [9.17, 15) is 10.1 Å². The number of rotatable bonds is 4. The van der Waals surface area contributed by atoms with Gasteiger partial charge >= 0.3 is 0 Å². The number of hydrazine groups is 1. The molecule has 0 aliphatic carbocycles. The molecule has 0 bridgehead atoms. The van der Waals surface area contributed by atoms with Crippen molar-refractivity contribution in [2.24, 2.45) is 0 Å². The van der Waals surface area contributed by atoms with Gasteiger partial charge in [-0.15, -0.1) is 0 Å². The van der Waals surface area contributed by atoms with Crippen LogP contribution in [0.5, 0.6) is 0 Å². The molecule has 0 atom stereocenters. The molecule has 0 saturated carbocycles. The van der Waals surface area contributed by atoms with E-state index in [4.69, 9.17) is 4.74 Å². The highest BCUT2D eigenvalue weighted by Gasteiger charge is 2.16. The molecule has 1 heterocycles. The first-order chi connectivity index (χ1) is 8.68. The Morgan fingerprint density at radius 2 is 2.17 bits per heavy atom. The van der Waals surface area contributed by atoms with Gasteiger partial charge in [-0.2, -0.15) is 0 Å². The van der Waals surface area contributed by atoms with E-state index in [1.54, 1.807) is 6.07 Å². The second-order valence-electron chi connectivity index (χ2n) is 3.94. The summed E-state index contributed by atoms with van der Waals surface area (Å²) in [5, 5.41) is 12.9. The van der Waals surface area contributed by atoms with E-state index in [0.29, 0.717) is 24.2 Å². The highest BCUT2D eigenvalue weighted by molar-refractivity contribution is 9.10. The fourth-order valence-electron chi connectivity index (χ4n) is 1.76. The molecule has 7 heteroatoms. The Labute approximate surface area is 113 Å². The highest BCUT2D eigenvalue weighted by atomic mass is 79.9. The molecular weight excluding hydrogens is 302 g/mol. The topological polar surface area (TPSA) is 67.6 Å². The summed E-state index contributed by atoms with van der Waals surface area (Å²) in [6.07, 6.45) is 0. The molecular formula is C11H14BrN3O3. The van der Waals surface area contributed by atoms with Crippen LogP contribution >= 0.6 is 15.9 Å². The van der Waals surface area contributed by atoms with E-state index in [1.165, 1.54) is 6.07 Å². The van der Waals surface area contributed by atoms with Gasteiger partial charge in [-0.3, -0.25) is 15.5 Å². The number of hydrogen-bond acceptors (Lipinski definition) is 5. The zero-order chi connectivity index (χ0) is 13.0. The summed E-state index contributed by atoms with van der Waals surface area (Å²) in [7, 11) is 0. The molecule has 6 nitrogen and oxygen atoms in total. The van der Waals surface area contributed by atoms with Crippen LogP contribution in [-0.2, 0) is 11.3 Å². The van der Waals surface area contributed by atoms with Crippen molar-refractivity contribution in [2.45, 2.75) is 6.54 Å². The van der Waals surface area contributed by atoms with Crippen molar-refractivity contribution in [1.82, 2.24) is 10.4 Å². The number of hydrogen-bond donors (Lipinski definition) is 1. The van der Waals surface area contributed by atoms with Crippen molar-refractivity contribution in [1.29, 1.82) is 0 Å². The average molecular weight is 316 g/mol. The van der Waals surface area contributed by atoms with Gasteiger partial charge in [-0.05, 0) is 21.5 Å². The molecule has 1 fully saturated rings. The number of ether oxygens (including phenoxy) is 1. The minimum Gasteiger partial charge on any atom is -0.379 e. The lowest BCUT2D eigenvalue weighted by atomic mass is 10.2. The number of nitrogens with zero attached hydrogens (tertiary/aromatic N) is 2. The third-order valence-electron chi connectivity index (χ3n) is 2.76. The molecule has 0 spiro atoms. The second kappa shape index (κ2) is 6.24. The van der Waals surface area contributed by atoms with Crippen LogP contribution in [0.1, 0.15) is 5.56 Å². The van der Waals surface area contributed by atoms with Gasteiger partial charge in [0.05, 0.1) is 22.6 Å². The SMILES string of the molecule is O=[N+]([O-])c1cccc(CNN2CCOCC2)c1Br. The smallest absolute Gasteiger partial charge is 0.283 e. The zero-order valence-electron chi connectivity index (χ0n) is 9.76. The van der Waals surface area contributed by atoms with Crippen LogP contribution < -0.4 is 5.43 Å². The van der Waals surface area contributed by atoms with E-state index >= 15 is 0 Å². The number of benzene rings is 1. The number of nitro groups is 1. The predicted molar refractivity (Wildman–Crippen MR) is 70.0 cm³/mol. The second-order valence-corrected chi connectivity index (χ2v) is 4.73. The number of halogens is 1. The Kier molecular flexibility index (Phi) is 4.65. The third-order valence-corrected chi connectivity index (χ3v) is 3.67. The fraction of sp³-hybridized carbons (Fsp3) is 0.455. The van der Waals surface area contributed by atoms with Crippen LogP contribution in [0.3, 0.4) is 0 Å². The Morgan fingerprint density at radius 1 is 1.44 bits per heavy atom. The molecule has 2 rings (SSSR count). The van der Waals surface area contributed by atoms with Crippen LogP contribution in [0.15, 0.2) is 22.7 Å². The number of nitrogens with one attached hydrogen (secondary N) is 1. The molecule has 0 amide bonds. The molecule has 0 aromatic heterocycles. The average Bonchev–Trinajstić information content (AvgIpc) is 2.38. The maximum absolute atomic E-state index is 10.8. The first-order valence-corrected chi connectivity index (χ1v) is 6.46. The standard InChI is InChI=1S/C11H14BrN3O3/c12-11-9(2-1-3-10(11)15(16)17)8-13-14-4-6-18-7-5-14/h1-3,13H,4-8H2. The van der Waals surface area contributed by atoms with E-state index in [0.717, 1.165) is 18.7 Å². The summed E-state index contributed by atoms with van der Waals surface area (Å²) in [5.41, 5.74) is 4.21. The minimum absolute atomic E-state index is 0.0938. The van der Waals surface area contributed by atoms with Crippen molar-refractivity contribution in [3.05, 3.63) is 38.3 Å². The summed E-state index contributed by atoms with van der Waals surface area (Å²) in [6, 6.07) is 5.05. The summed E-state index contributed by atoms with van der Waals surface area (Å²) in [6.45, 7) is 3.63. The van der Waals surface area contributed by atoms with E-state index in [1.807, 2.05) is 6.07 Å². The summed E-state index contributed by atoms with van der Waals surface area (Å²) in [5.74, 6) is 0. The summed E-state index contributed by atoms with van der Waals surface area (Å²) in [4.78, 5) is 10.4. The van der Waals surface area contributed by atoms with Crippen molar-refractivity contribution in [3.63, 3.8) is 0 Å². The van der Waals surface area contributed by atoms with E-state index < -0.39 is 0 Å². The van der Waals surface area contributed by atoms with Gasteiger partial charge in [0.1, 0.15) is 0 Å². The van der Waals surface area contributed by atoms with Crippen LogP contribution in [0, 0.1) is 10.1 Å².